The molecular formula is C20H25N5O4S. The molecule has 160 valence electrons. The Balaban J connectivity index is 1.25. The van der Waals surface area contributed by atoms with Crippen LogP contribution in [0.15, 0.2) is 23.4 Å². The number of nitrogens with one attached hydrogen (secondary N) is 1. The maximum Gasteiger partial charge on any atom is 0.234 e. The van der Waals surface area contributed by atoms with E-state index in [1.165, 1.54) is 24.6 Å². The summed E-state index contributed by atoms with van der Waals surface area (Å²) in [5, 5.41) is 12.5. The van der Waals surface area contributed by atoms with Crippen LogP contribution in [0.25, 0.3) is 0 Å². The van der Waals surface area contributed by atoms with Crippen molar-refractivity contribution < 1.29 is 19.0 Å². The van der Waals surface area contributed by atoms with Gasteiger partial charge in [-0.2, -0.15) is 0 Å². The predicted octanol–water partition coefficient (Wildman–Crippen LogP) is 2.52. The quantitative estimate of drug-likeness (QED) is 0.669. The molecule has 5 rings (SSSR count). The summed E-state index contributed by atoms with van der Waals surface area (Å²) in [6.45, 7) is 3.75. The lowest BCUT2D eigenvalue weighted by molar-refractivity contribution is -0.113. The third kappa shape index (κ3) is 4.20. The molecular weight excluding hydrogens is 406 g/mol. The van der Waals surface area contributed by atoms with Crippen molar-refractivity contribution in [2.75, 3.05) is 42.5 Å². The monoisotopic (exact) mass is 431 g/mol. The van der Waals surface area contributed by atoms with E-state index < -0.39 is 0 Å². The van der Waals surface area contributed by atoms with E-state index in [0.29, 0.717) is 17.2 Å². The van der Waals surface area contributed by atoms with Gasteiger partial charge in [0.15, 0.2) is 16.7 Å². The lowest BCUT2D eigenvalue weighted by Crippen LogP contribution is -2.25. The third-order valence-electron chi connectivity index (χ3n) is 5.49. The number of amides is 1. The van der Waals surface area contributed by atoms with Crippen LogP contribution in [0.3, 0.4) is 0 Å². The fourth-order valence-electron chi connectivity index (χ4n) is 3.99. The molecule has 3 aliphatic rings. The topological polar surface area (TPSA) is 90.7 Å². The van der Waals surface area contributed by atoms with Crippen LogP contribution in [0.1, 0.15) is 25.7 Å². The number of thioether (sulfide) groups is 1. The summed E-state index contributed by atoms with van der Waals surface area (Å²) in [7, 11) is 0. The van der Waals surface area contributed by atoms with Crippen LogP contribution in [0.5, 0.6) is 11.5 Å². The van der Waals surface area contributed by atoms with Crippen molar-refractivity contribution in [2.45, 2.75) is 43.5 Å². The van der Waals surface area contributed by atoms with Crippen molar-refractivity contribution in [3.8, 4) is 11.5 Å². The first-order valence-corrected chi connectivity index (χ1v) is 11.4. The number of rotatable bonds is 7. The first-order valence-electron chi connectivity index (χ1n) is 10.4. The molecule has 0 bridgehead atoms. The first-order chi connectivity index (χ1) is 14.8. The van der Waals surface area contributed by atoms with Gasteiger partial charge in [-0.1, -0.05) is 11.8 Å². The Morgan fingerprint density at radius 2 is 2.03 bits per heavy atom. The van der Waals surface area contributed by atoms with Gasteiger partial charge in [0.05, 0.1) is 18.4 Å². The second-order valence-electron chi connectivity index (χ2n) is 7.63. The molecule has 2 fully saturated rings. The average Bonchev–Trinajstić information content (AvgIpc) is 3.53. The van der Waals surface area contributed by atoms with Gasteiger partial charge in [-0.3, -0.25) is 9.36 Å². The van der Waals surface area contributed by atoms with E-state index in [4.69, 9.17) is 14.2 Å². The highest BCUT2D eigenvalue weighted by molar-refractivity contribution is 7.99. The molecule has 0 radical (unpaired) electrons. The van der Waals surface area contributed by atoms with E-state index in [-0.39, 0.29) is 24.6 Å². The Hall–Kier alpha value is -2.46. The minimum atomic E-state index is -0.103. The lowest BCUT2D eigenvalue weighted by Gasteiger charge is -2.20. The Kier molecular flexibility index (Phi) is 5.67. The van der Waals surface area contributed by atoms with Gasteiger partial charge >= 0.3 is 0 Å². The van der Waals surface area contributed by atoms with Gasteiger partial charge in [-0.15, -0.1) is 10.2 Å². The largest absolute Gasteiger partial charge is 0.454 e. The third-order valence-corrected chi connectivity index (χ3v) is 6.45. The van der Waals surface area contributed by atoms with Crippen LogP contribution in [0, 0.1) is 0 Å². The number of hydrogen-bond acceptors (Lipinski definition) is 8. The average molecular weight is 432 g/mol. The Bertz CT molecular complexity index is 909. The van der Waals surface area contributed by atoms with Crippen LogP contribution in [0.4, 0.5) is 11.6 Å². The summed E-state index contributed by atoms with van der Waals surface area (Å²) in [5.41, 5.74) is 0.684. The normalized spacial score (nSPS) is 20.1. The van der Waals surface area contributed by atoms with Crippen molar-refractivity contribution in [3.05, 3.63) is 18.2 Å². The molecule has 9 nitrogen and oxygen atoms in total. The van der Waals surface area contributed by atoms with Gasteiger partial charge in [-0.25, -0.2) is 0 Å². The number of nitrogens with zero attached hydrogens (tertiary/aromatic N) is 4. The Morgan fingerprint density at radius 1 is 1.17 bits per heavy atom. The van der Waals surface area contributed by atoms with Crippen molar-refractivity contribution in [2.24, 2.45) is 0 Å². The van der Waals surface area contributed by atoms with Gasteiger partial charge in [0.25, 0.3) is 0 Å². The SMILES string of the molecule is O=C(CSc1nnc(N2CCCC2)n1C[C@@H]1CCCO1)Nc1ccc2c(c1)OCO2. The highest BCUT2D eigenvalue weighted by Gasteiger charge is 2.25. The highest BCUT2D eigenvalue weighted by Crippen LogP contribution is 2.34. The number of aromatic nitrogens is 3. The minimum absolute atomic E-state index is 0.103. The van der Waals surface area contributed by atoms with Gasteiger partial charge in [0, 0.05) is 31.5 Å². The molecule has 1 aromatic carbocycles. The zero-order chi connectivity index (χ0) is 20.3. The van der Waals surface area contributed by atoms with Crippen LogP contribution in [0.2, 0.25) is 0 Å². The van der Waals surface area contributed by atoms with Crippen molar-refractivity contribution >= 4 is 29.3 Å². The summed E-state index contributed by atoms with van der Waals surface area (Å²) >= 11 is 1.40. The molecule has 1 atom stereocenters. The van der Waals surface area contributed by atoms with Crippen LogP contribution < -0.4 is 19.7 Å². The molecule has 0 spiro atoms. The standard InChI is InChI=1S/C20H25N5O4S/c26-18(21-14-5-6-16-17(10-14)29-13-28-16)12-30-20-23-22-19(24-7-1-2-8-24)25(20)11-15-4-3-9-27-15/h5-6,10,15H,1-4,7-9,11-13H2,(H,21,26)/t15-/m0/s1. The maximum atomic E-state index is 12.5. The van der Waals surface area contributed by atoms with E-state index in [2.05, 4.69) is 25.0 Å². The van der Waals surface area contributed by atoms with Crippen LogP contribution >= 0.6 is 11.8 Å². The molecule has 4 heterocycles. The number of ether oxygens (including phenoxy) is 3. The molecule has 2 aromatic rings. The van der Waals surface area contributed by atoms with Crippen molar-refractivity contribution in [1.29, 1.82) is 0 Å². The van der Waals surface area contributed by atoms with E-state index in [9.17, 15) is 4.79 Å². The number of fused-ring (bicyclic) bond motifs is 1. The summed E-state index contributed by atoms with van der Waals surface area (Å²) in [6, 6.07) is 5.38. The van der Waals surface area contributed by atoms with Gasteiger partial charge < -0.3 is 24.4 Å². The van der Waals surface area contributed by atoms with Crippen molar-refractivity contribution in [3.63, 3.8) is 0 Å². The second kappa shape index (κ2) is 8.73. The molecule has 1 aromatic heterocycles. The maximum absolute atomic E-state index is 12.5. The predicted molar refractivity (Wildman–Crippen MR) is 112 cm³/mol. The zero-order valence-corrected chi connectivity index (χ0v) is 17.5. The van der Waals surface area contributed by atoms with E-state index >= 15 is 0 Å². The molecule has 1 amide bonds. The molecule has 0 unspecified atom stereocenters. The number of hydrogen-bond donors (Lipinski definition) is 1. The van der Waals surface area contributed by atoms with Gasteiger partial charge in [0.1, 0.15) is 0 Å². The molecule has 30 heavy (non-hydrogen) atoms. The minimum Gasteiger partial charge on any atom is -0.454 e. The first kappa shape index (κ1) is 19.5. The van der Waals surface area contributed by atoms with Crippen LogP contribution in [-0.2, 0) is 16.1 Å². The van der Waals surface area contributed by atoms with Gasteiger partial charge in [0.2, 0.25) is 18.6 Å². The van der Waals surface area contributed by atoms with Crippen molar-refractivity contribution in [1.82, 2.24) is 14.8 Å². The number of anilines is 2. The lowest BCUT2D eigenvalue weighted by atomic mass is 10.2. The molecule has 1 N–H and O–H groups in total. The van der Waals surface area contributed by atoms with E-state index in [1.807, 2.05) is 6.07 Å². The van der Waals surface area contributed by atoms with E-state index in [1.54, 1.807) is 12.1 Å². The fraction of sp³-hybridized carbons (Fsp3) is 0.550. The number of carbonyl (C=O) groups is 1. The highest BCUT2D eigenvalue weighted by atomic mass is 32.2. The summed E-state index contributed by atoms with van der Waals surface area (Å²) in [6.07, 6.45) is 4.67. The molecule has 3 aliphatic heterocycles. The molecule has 10 heteroatoms. The smallest absolute Gasteiger partial charge is 0.234 e. The summed E-state index contributed by atoms with van der Waals surface area (Å²) in [4.78, 5) is 14.8. The van der Waals surface area contributed by atoms with Gasteiger partial charge in [-0.05, 0) is 37.8 Å². The van der Waals surface area contributed by atoms with E-state index in [0.717, 1.165) is 50.2 Å². The summed E-state index contributed by atoms with van der Waals surface area (Å²) in [5.74, 6) is 2.37. The number of carbonyl (C=O) groups excluding carboxylic acids is 1. The van der Waals surface area contributed by atoms with Crippen LogP contribution in [-0.4, -0.2) is 59.0 Å². The zero-order valence-electron chi connectivity index (χ0n) is 16.7. The Labute approximate surface area is 179 Å². The Morgan fingerprint density at radius 3 is 2.87 bits per heavy atom. The fourth-order valence-corrected chi connectivity index (χ4v) is 4.73. The molecule has 0 saturated carbocycles. The number of benzene rings is 1. The molecule has 0 aliphatic carbocycles. The summed E-state index contributed by atoms with van der Waals surface area (Å²) < 4.78 is 18.6. The second-order valence-corrected chi connectivity index (χ2v) is 8.57. The molecule has 2 saturated heterocycles.